The molecule has 0 saturated carbocycles. The van der Waals surface area contributed by atoms with Crippen molar-refractivity contribution in [2.45, 2.75) is 39.7 Å². The molecule has 0 radical (unpaired) electrons. The summed E-state index contributed by atoms with van der Waals surface area (Å²) in [4.78, 5) is 31.7. The van der Waals surface area contributed by atoms with Crippen molar-refractivity contribution in [2.24, 2.45) is 4.99 Å². The number of aromatic nitrogens is 1. The number of thiazole rings is 1. The van der Waals surface area contributed by atoms with Gasteiger partial charge < -0.3 is 4.74 Å². The smallest absolute Gasteiger partial charge is 0.338 e. The van der Waals surface area contributed by atoms with E-state index in [0.717, 1.165) is 11.1 Å². The van der Waals surface area contributed by atoms with Crippen molar-refractivity contribution in [1.29, 1.82) is 0 Å². The van der Waals surface area contributed by atoms with Crippen molar-refractivity contribution in [2.75, 3.05) is 6.61 Å². The van der Waals surface area contributed by atoms with Gasteiger partial charge in [-0.05, 0) is 42.5 Å². The van der Waals surface area contributed by atoms with Gasteiger partial charge in [0.15, 0.2) is 4.80 Å². The third-order valence-corrected chi connectivity index (χ3v) is 6.77. The number of ether oxygens (including phenoxy) is 1. The van der Waals surface area contributed by atoms with Gasteiger partial charge in [-0.2, -0.15) is 0 Å². The molecule has 0 bridgehead atoms. The first-order valence-electron chi connectivity index (χ1n) is 11.4. The highest BCUT2D eigenvalue weighted by atomic mass is 32.1. The van der Waals surface area contributed by atoms with Crippen LogP contribution in [0.25, 0.3) is 12.2 Å². The Morgan fingerprint density at radius 1 is 1.15 bits per heavy atom. The van der Waals surface area contributed by atoms with Gasteiger partial charge in [0.25, 0.3) is 5.56 Å². The van der Waals surface area contributed by atoms with Gasteiger partial charge in [-0.25, -0.2) is 9.79 Å². The molecule has 1 aliphatic rings. The predicted octanol–water partition coefficient (Wildman–Crippen LogP) is 4.59. The van der Waals surface area contributed by atoms with Gasteiger partial charge in [-0.15, -0.1) is 0 Å². The topological polar surface area (TPSA) is 60.7 Å². The first-order chi connectivity index (χ1) is 16.4. The largest absolute Gasteiger partial charge is 0.463 e. The van der Waals surface area contributed by atoms with Crippen molar-refractivity contribution in [3.63, 3.8) is 0 Å². The van der Waals surface area contributed by atoms with Crippen LogP contribution >= 0.6 is 11.3 Å². The van der Waals surface area contributed by atoms with E-state index in [9.17, 15) is 9.59 Å². The zero-order valence-corrected chi connectivity index (χ0v) is 20.6. The summed E-state index contributed by atoms with van der Waals surface area (Å²) in [7, 11) is 0. The van der Waals surface area contributed by atoms with Crippen molar-refractivity contribution < 1.29 is 9.53 Å². The van der Waals surface area contributed by atoms with Gasteiger partial charge in [0.1, 0.15) is 0 Å². The Morgan fingerprint density at radius 2 is 1.85 bits per heavy atom. The van der Waals surface area contributed by atoms with E-state index < -0.39 is 12.0 Å². The van der Waals surface area contributed by atoms with Crippen LogP contribution in [0.3, 0.4) is 0 Å². The number of hydrogen-bond acceptors (Lipinski definition) is 5. The molecule has 0 spiro atoms. The number of allylic oxidation sites excluding steroid dienone is 2. The normalized spacial score (nSPS) is 16.1. The zero-order valence-electron chi connectivity index (χ0n) is 19.8. The van der Waals surface area contributed by atoms with Crippen molar-refractivity contribution in [3.8, 4) is 0 Å². The van der Waals surface area contributed by atoms with Gasteiger partial charge >= 0.3 is 5.97 Å². The zero-order chi connectivity index (χ0) is 24.2. The number of rotatable bonds is 6. The van der Waals surface area contributed by atoms with Crippen LogP contribution in [0.4, 0.5) is 0 Å². The van der Waals surface area contributed by atoms with E-state index in [2.05, 4.69) is 31.0 Å². The van der Waals surface area contributed by atoms with Crippen molar-refractivity contribution in [1.82, 2.24) is 4.57 Å². The molecule has 0 fully saturated rings. The Bertz CT molecular complexity index is 1430. The molecule has 34 heavy (non-hydrogen) atoms. The molecule has 6 heteroatoms. The Kier molecular flexibility index (Phi) is 7.08. The van der Waals surface area contributed by atoms with Gasteiger partial charge in [0.2, 0.25) is 0 Å². The lowest BCUT2D eigenvalue weighted by molar-refractivity contribution is -0.139. The highest BCUT2D eigenvalue weighted by Gasteiger charge is 2.33. The van der Waals surface area contributed by atoms with E-state index in [0.29, 0.717) is 26.5 Å². The van der Waals surface area contributed by atoms with Gasteiger partial charge in [-0.1, -0.05) is 91.9 Å². The molecule has 174 valence electrons. The summed E-state index contributed by atoms with van der Waals surface area (Å²) in [5.41, 5.74) is 3.90. The maximum absolute atomic E-state index is 13.5. The van der Waals surface area contributed by atoms with E-state index in [1.807, 2.05) is 54.6 Å². The average Bonchev–Trinajstić information content (AvgIpc) is 3.13. The Labute approximate surface area is 203 Å². The van der Waals surface area contributed by atoms with Crippen molar-refractivity contribution in [3.05, 3.63) is 108 Å². The van der Waals surface area contributed by atoms with Crippen molar-refractivity contribution >= 4 is 29.5 Å². The van der Waals surface area contributed by atoms with Crippen LogP contribution in [-0.4, -0.2) is 17.1 Å². The van der Waals surface area contributed by atoms with Crippen LogP contribution in [0.1, 0.15) is 56.3 Å². The summed E-state index contributed by atoms with van der Waals surface area (Å²) in [6, 6.07) is 17.4. The lowest BCUT2D eigenvalue weighted by Gasteiger charge is -2.25. The predicted molar refractivity (Wildman–Crippen MR) is 137 cm³/mol. The Balaban J connectivity index is 1.85. The lowest BCUT2D eigenvalue weighted by atomic mass is 9.93. The highest BCUT2D eigenvalue weighted by molar-refractivity contribution is 7.07. The highest BCUT2D eigenvalue weighted by Crippen LogP contribution is 2.31. The van der Waals surface area contributed by atoms with Crippen LogP contribution < -0.4 is 14.9 Å². The molecule has 5 nitrogen and oxygen atoms in total. The molecule has 2 heterocycles. The van der Waals surface area contributed by atoms with Gasteiger partial charge in [-0.3, -0.25) is 9.36 Å². The van der Waals surface area contributed by atoms with Crippen LogP contribution in [0.15, 0.2) is 81.7 Å². The molecular formula is C28H28N2O3S. The summed E-state index contributed by atoms with van der Waals surface area (Å²) in [6.07, 6.45) is 5.63. The third-order valence-electron chi connectivity index (χ3n) is 5.77. The summed E-state index contributed by atoms with van der Waals surface area (Å²) in [5, 5.41) is 0. The molecule has 0 unspecified atom stereocenters. The summed E-state index contributed by atoms with van der Waals surface area (Å²) < 4.78 is 7.54. The molecule has 0 amide bonds. The van der Waals surface area contributed by atoms with Crippen LogP contribution in [0, 0.1) is 0 Å². The second kappa shape index (κ2) is 10.2. The quantitative estimate of drug-likeness (QED) is 0.493. The average molecular weight is 473 g/mol. The van der Waals surface area contributed by atoms with E-state index in [4.69, 9.17) is 4.74 Å². The molecule has 0 aliphatic carbocycles. The number of carbonyl (C=O) groups is 1. The number of nitrogens with zero attached hydrogens (tertiary/aromatic N) is 2. The maximum Gasteiger partial charge on any atom is 0.338 e. The molecular weight excluding hydrogens is 444 g/mol. The van der Waals surface area contributed by atoms with E-state index >= 15 is 0 Å². The summed E-state index contributed by atoms with van der Waals surface area (Å²) >= 11 is 1.33. The monoisotopic (exact) mass is 472 g/mol. The second-order valence-corrected chi connectivity index (χ2v) is 9.42. The van der Waals surface area contributed by atoms with Gasteiger partial charge in [0, 0.05) is 0 Å². The van der Waals surface area contributed by atoms with E-state index in [1.165, 1.54) is 16.9 Å². The first kappa shape index (κ1) is 23.6. The minimum Gasteiger partial charge on any atom is -0.463 e. The SMILES string of the molecule is CCOC(=O)C1=C(C)N=c2s/c(=C/C=C/c3ccccc3)c(=O)n2[C@@H]1c1ccc(C(C)C)cc1. The molecule has 1 atom stereocenters. The molecule has 0 saturated heterocycles. The molecule has 2 aromatic carbocycles. The first-order valence-corrected chi connectivity index (χ1v) is 12.2. The third kappa shape index (κ3) is 4.73. The lowest BCUT2D eigenvalue weighted by Crippen LogP contribution is -2.39. The van der Waals surface area contributed by atoms with Crippen LogP contribution in [0.2, 0.25) is 0 Å². The van der Waals surface area contributed by atoms with Crippen LogP contribution in [0.5, 0.6) is 0 Å². The number of fused-ring (bicyclic) bond motifs is 1. The van der Waals surface area contributed by atoms with E-state index in [-0.39, 0.29) is 12.2 Å². The minimum absolute atomic E-state index is 0.173. The number of benzene rings is 2. The molecule has 3 aromatic rings. The number of hydrogen-bond donors (Lipinski definition) is 0. The van der Waals surface area contributed by atoms with Crippen LogP contribution in [-0.2, 0) is 9.53 Å². The minimum atomic E-state index is -0.586. The second-order valence-electron chi connectivity index (χ2n) is 8.42. The Morgan fingerprint density at radius 3 is 2.50 bits per heavy atom. The number of carbonyl (C=O) groups excluding carboxylic acids is 1. The molecule has 1 aromatic heterocycles. The summed E-state index contributed by atoms with van der Waals surface area (Å²) in [6.45, 7) is 8.09. The fraction of sp³-hybridized carbons (Fsp3) is 0.250. The van der Waals surface area contributed by atoms with Gasteiger partial charge in [0.05, 0.1) is 28.5 Å². The van der Waals surface area contributed by atoms with E-state index in [1.54, 1.807) is 24.5 Å². The summed E-state index contributed by atoms with van der Waals surface area (Å²) in [5.74, 6) is -0.0609. The molecule has 0 N–H and O–H groups in total. The fourth-order valence-electron chi connectivity index (χ4n) is 3.99. The maximum atomic E-state index is 13.5. The standard InChI is InChI=1S/C28H28N2O3S/c1-5-33-27(32)24-19(4)29-28-30(25(24)22-16-14-21(15-17-22)18(2)3)26(31)23(34-28)13-9-12-20-10-7-6-8-11-20/h6-18,25H,5H2,1-4H3/b12-9+,23-13+/t25-/m1/s1. The Hall–Kier alpha value is -3.51. The number of esters is 1. The molecule has 4 rings (SSSR count). The molecule has 1 aliphatic heterocycles. The fourth-order valence-corrected chi connectivity index (χ4v) is 4.99.